The molecule has 0 bridgehead atoms. The van der Waals surface area contributed by atoms with Crippen LogP contribution >= 0.6 is 23.4 Å². The molecule has 1 atom stereocenters. The van der Waals surface area contributed by atoms with E-state index in [2.05, 4.69) is 25.9 Å². The summed E-state index contributed by atoms with van der Waals surface area (Å²) in [7, 11) is 0. The lowest BCUT2D eigenvalue weighted by Gasteiger charge is -2.42. The third-order valence-electron chi connectivity index (χ3n) is 8.31. The van der Waals surface area contributed by atoms with E-state index in [1.807, 2.05) is 18.3 Å². The summed E-state index contributed by atoms with van der Waals surface area (Å²) in [5.74, 6) is 0.727. The van der Waals surface area contributed by atoms with E-state index in [1.165, 1.54) is 17.3 Å². The first kappa shape index (κ1) is 24.3. The number of nitrogens with one attached hydrogen (secondary N) is 1. The smallest absolute Gasteiger partial charge is 0.152 e. The lowest BCUT2D eigenvalue weighted by atomic mass is 9.73. The van der Waals surface area contributed by atoms with Gasteiger partial charge in [0.15, 0.2) is 5.82 Å². The molecule has 0 radical (unpaired) electrons. The first-order chi connectivity index (χ1) is 18.5. The SMILES string of the molecule is N[C@@H]1c2cccnc2CC12CCN(c1ncc(Sc3cc4c5c([nH]c4nc3Cl)CCOC5)nc1CO)CC2. The standard InChI is InChI=1S/C27H28ClN7O2S/c28-24-21(10-16-17-14-37-9-3-18(17)33-25(16)34-24)38-22-12-31-26(20(13-36)32-22)35-7-4-27(5-8-35)11-19-15(23(27)29)2-1-6-30-19/h1-2,6,10,12,23,36H,3-5,7-9,11,13-14,29H2,(H,33,34)/t23-/m1/s1. The average Bonchev–Trinajstić information content (AvgIpc) is 3.43. The topological polar surface area (TPSA) is 126 Å². The number of hydrogen-bond donors (Lipinski definition) is 3. The molecular formula is C27H28ClN7O2S. The fourth-order valence-corrected chi connectivity index (χ4v) is 7.27. The van der Waals surface area contributed by atoms with E-state index < -0.39 is 0 Å². The number of anilines is 1. The van der Waals surface area contributed by atoms with Gasteiger partial charge in [-0.15, -0.1) is 0 Å². The molecule has 196 valence electrons. The number of rotatable bonds is 4. The Morgan fingerprint density at radius 1 is 1.26 bits per heavy atom. The van der Waals surface area contributed by atoms with Crippen LogP contribution in [0.5, 0.6) is 0 Å². The van der Waals surface area contributed by atoms with Crippen LogP contribution in [0.25, 0.3) is 11.0 Å². The first-order valence-electron chi connectivity index (χ1n) is 12.9. The zero-order chi connectivity index (χ0) is 25.9. The van der Waals surface area contributed by atoms with Crippen molar-refractivity contribution in [3.8, 4) is 0 Å². The Labute approximate surface area is 229 Å². The average molecular weight is 550 g/mol. The monoisotopic (exact) mass is 549 g/mol. The minimum atomic E-state index is -0.194. The van der Waals surface area contributed by atoms with Gasteiger partial charge in [0.2, 0.25) is 0 Å². The van der Waals surface area contributed by atoms with Crippen molar-refractivity contribution in [3.63, 3.8) is 0 Å². The van der Waals surface area contributed by atoms with Gasteiger partial charge in [-0.05, 0) is 42.4 Å². The molecule has 4 aromatic rings. The minimum Gasteiger partial charge on any atom is -0.390 e. The maximum atomic E-state index is 10.2. The number of aromatic nitrogens is 5. The highest BCUT2D eigenvalue weighted by Crippen LogP contribution is 2.50. The van der Waals surface area contributed by atoms with Gasteiger partial charge in [-0.1, -0.05) is 29.4 Å². The normalized spacial score (nSPS) is 20.2. The van der Waals surface area contributed by atoms with E-state index in [4.69, 9.17) is 32.0 Å². The number of nitrogens with two attached hydrogens (primary N) is 1. The predicted molar refractivity (Wildman–Crippen MR) is 145 cm³/mol. The molecule has 4 N–H and O–H groups in total. The molecule has 38 heavy (non-hydrogen) atoms. The molecule has 0 unspecified atom stereocenters. The predicted octanol–water partition coefficient (Wildman–Crippen LogP) is 3.96. The summed E-state index contributed by atoms with van der Waals surface area (Å²) in [6.45, 7) is 2.69. The van der Waals surface area contributed by atoms with Crippen LogP contribution in [-0.2, 0) is 30.8 Å². The summed E-state index contributed by atoms with van der Waals surface area (Å²) in [5, 5.41) is 12.3. The van der Waals surface area contributed by atoms with Crippen LogP contribution in [0.15, 0.2) is 40.5 Å². The second-order valence-corrected chi connectivity index (χ2v) is 11.8. The summed E-state index contributed by atoms with van der Waals surface area (Å²) in [5.41, 5.74) is 12.7. The molecule has 1 fully saturated rings. The number of H-pyrrole nitrogens is 1. The number of hydrogen-bond acceptors (Lipinski definition) is 9. The summed E-state index contributed by atoms with van der Waals surface area (Å²) in [6.07, 6.45) is 7.25. The highest BCUT2D eigenvalue weighted by molar-refractivity contribution is 7.99. The summed E-state index contributed by atoms with van der Waals surface area (Å²) in [6, 6.07) is 6.12. The number of aliphatic hydroxyl groups excluding tert-OH is 1. The van der Waals surface area contributed by atoms with Gasteiger partial charge in [0.05, 0.1) is 30.9 Å². The van der Waals surface area contributed by atoms with Crippen LogP contribution in [-0.4, -0.2) is 49.7 Å². The zero-order valence-corrected chi connectivity index (χ0v) is 22.4. The molecule has 0 saturated carbocycles. The van der Waals surface area contributed by atoms with Crippen LogP contribution in [0.1, 0.15) is 47.1 Å². The quantitative estimate of drug-likeness (QED) is 0.324. The Balaban J connectivity index is 1.10. The van der Waals surface area contributed by atoms with Crippen molar-refractivity contribution in [2.24, 2.45) is 11.1 Å². The van der Waals surface area contributed by atoms with E-state index in [0.29, 0.717) is 29.1 Å². The second-order valence-electron chi connectivity index (χ2n) is 10.3. The van der Waals surface area contributed by atoms with Gasteiger partial charge in [0.1, 0.15) is 21.5 Å². The van der Waals surface area contributed by atoms with E-state index in [1.54, 1.807) is 6.20 Å². The van der Waals surface area contributed by atoms with Crippen molar-refractivity contribution in [3.05, 3.63) is 64.0 Å². The fraction of sp³-hybridized carbons (Fsp3) is 0.407. The van der Waals surface area contributed by atoms with Gasteiger partial charge in [-0.25, -0.2) is 15.0 Å². The molecule has 0 amide bonds. The molecule has 1 saturated heterocycles. The number of aromatic amines is 1. The summed E-state index contributed by atoms with van der Waals surface area (Å²) in [4.78, 5) is 25.0. The largest absolute Gasteiger partial charge is 0.390 e. The molecule has 11 heteroatoms. The highest BCUT2D eigenvalue weighted by atomic mass is 35.5. The Bertz CT molecular complexity index is 1540. The third-order valence-corrected chi connectivity index (χ3v) is 9.65. The Kier molecular flexibility index (Phi) is 6.05. The van der Waals surface area contributed by atoms with Crippen molar-refractivity contribution in [2.75, 3.05) is 24.6 Å². The molecule has 3 aliphatic rings. The zero-order valence-electron chi connectivity index (χ0n) is 20.8. The van der Waals surface area contributed by atoms with Gasteiger partial charge < -0.3 is 25.5 Å². The van der Waals surface area contributed by atoms with E-state index in [9.17, 15) is 5.11 Å². The minimum absolute atomic E-state index is 0.00316. The number of aliphatic hydroxyl groups is 1. The molecule has 4 aromatic heterocycles. The second kappa shape index (κ2) is 9.46. The molecule has 2 aliphatic heterocycles. The number of halogens is 1. The molecule has 7 rings (SSSR count). The number of piperidine rings is 1. The number of ether oxygens (including phenoxy) is 1. The lowest BCUT2D eigenvalue weighted by molar-refractivity contribution is 0.111. The maximum absolute atomic E-state index is 10.2. The van der Waals surface area contributed by atoms with Gasteiger partial charge in [0, 0.05) is 54.1 Å². The molecule has 9 nitrogen and oxygen atoms in total. The van der Waals surface area contributed by atoms with E-state index in [-0.39, 0.29) is 18.1 Å². The van der Waals surface area contributed by atoms with Crippen molar-refractivity contribution < 1.29 is 9.84 Å². The van der Waals surface area contributed by atoms with Crippen LogP contribution in [0.4, 0.5) is 5.82 Å². The van der Waals surface area contributed by atoms with Gasteiger partial charge in [-0.3, -0.25) is 4.98 Å². The van der Waals surface area contributed by atoms with Crippen LogP contribution in [0.3, 0.4) is 0 Å². The molecule has 0 aromatic carbocycles. The Morgan fingerprint density at radius 2 is 2.13 bits per heavy atom. The molecule has 1 spiro atoms. The lowest BCUT2D eigenvalue weighted by Crippen LogP contribution is -2.45. The highest BCUT2D eigenvalue weighted by Gasteiger charge is 2.46. The number of pyridine rings is 2. The molecular weight excluding hydrogens is 522 g/mol. The van der Waals surface area contributed by atoms with E-state index >= 15 is 0 Å². The maximum Gasteiger partial charge on any atom is 0.152 e. The van der Waals surface area contributed by atoms with Crippen molar-refractivity contribution >= 4 is 40.2 Å². The van der Waals surface area contributed by atoms with Crippen LogP contribution in [0.2, 0.25) is 5.15 Å². The Morgan fingerprint density at radius 3 is 2.95 bits per heavy atom. The molecule has 1 aliphatic carbocycles. The number of fused-ring (bicyclic) bond motifs is 4. The van der Waals surface area contributed by atoms with Crippen molar-refractivity contribution in [1.82, 2.24) is 24.9 Å². The van der Waals surface area contributed by atoms with Crippen LogP contribution < -0.4 is 10.6 Å². The van der Waals surface area contributed by atoms with Gasteiger partial charge in [-0.2, -0.15) is 0 Å². The van der Waals surface area contributed by atoms with Crippen molar-refractivity contribution in [1.29, 1.82) is 0 Å². The molecule has 6 heterocycles. The van der Waals surface area contributed by atoms with Crippen LogP contribution in [0, 0.1) is 5.41 Å². The van der Waals surface area contributed by atoms with E-state index in [0.717, 1.165) is 77.5 Å². The van der Waals surface area contributed by atoms with Gasteiger partial charge >= 0.3 is 0 Å². The van der Waals surface area contributed by atoms with Gasteiger partial charge in [0.25, 0.3) is 0 Å². The number of nitrogens with zero attached hydrogens (tertiary/aromatic N) is 5. The summed E-state index contributed by atoms with van der Waals surface area (Å²) < 4.78 is 5.65. The fourth-order valence-electron chi connectivity index (χ4n) is 6.22. The first-order valence-corrected chi connectivity index (χ1v) is 14.1. The third kappa shape index (κ3) is 3.97. The Hall–Kier alpha value is -2.76. The summed E-state index contributed by atoms with van der Waals surface area (Å²) >= 11 is 7.95. The van der Waals surface area contributed by atoms with Crippen molar-refractivity contribution in [2.45, 2.75) is 54.9 Å².